The lowest BCUT2D eigenvalue weighted by Crippen LogP contribution is -2.44. The van der Waals surface area contributed by atoms with Gasteiger partial charge >= 0.3 is 0 Å². The number of hydrogen-bond acceptors (Lipinski definition) is 4. The second-order valence-electron chi connectivity index (χ2n) is 4.65. The van der Waals surface area contributed by atoms with Crippen LogP contribution in [-0.4, -0.2) is 43.5 Å². The molecule has 0 saturated carbocycles. The van der Waals surface area contributed by atoms with Gasteiger partial charge in [-0.2, -0.15) is 0 Å². The van der Waals surface area contributed by atoms with Crippen LogP contribution in [0.15, 0.2) is 36.4 Å². The van der Waals surface area contributed by atoms with Crippen LogP contribution in [0, 0.1) is 0 Å². The minimum absolute atomic E-state index is 0.104. The van der Waals surface area contributed by atoms with E-state index in [0.717, 1.165) is 13.0 Å². The molecule has 4 heteroatoms. The molecule has 0 radical (unpaired) electrons. The summed E-state index contributed by atoms with van der Waals surface area (Å²) in [5.41, 5.74) is 6.41. The largest absolute Gasteiger partial charge is 0.497 e. The summed E-state index contributed by atoms with van der Waals surface area (Å²) in [4.78, 5) is 14.4. The Labute approximate surface area is 113 Å². The first kappa shape index (κ1) is 13.8. The van der Waals surface area contributed by atoms with Crippen LogP contribution < -0.4 is 10.5 Å². The lowest BCUT2D eigenvalue weighted by molar-refractivity contribution is 0.0909. The maximum Gasteiger partial charge on any atom is 0.176 e. The first-order chi connectivity index (χ1) is 9.24. The van der Waals surface area contributed by atoms with Gasteiger partial charge in [0.05, 0.1) is 13.7 Å². The van der Waals surface area contributed by atoms with Gasteiger partial charge in [0, 0.05) is 24.7 Å². The summed E-state index contributed by atoms with van der Waals surface area (Å²) in [6, 6.07) is 7.44. The zero-order chi connectivity index (χ0) is 13.7. The third kappa shape index (κ3) is 3.43. The predicted octanol–water partition coefficient (Wildman–Crippen LogP) is 1.47. The number of nitrogens with zero attached hydrogens (tertiary/aromatic N) is 1. The highest BCUT2D eigenvalue weighted by atomic mass is 16.5. The topological polar surface area (TPSA) is 55.6 Å². The van der Waals surface area contributed by atoms with Crippen molar-refractivity contribution >= 4 is 5.78 Å². The molecular formula is C15H20N2O2. The SMILES string of the molecule is COc1cccc(C(=O)CN2CCC=CC2CN)c1. The fourth-order valence-electron chi connectivity index (χ4n) is 2.28. The first-order valence-corrected chi connectivity index (χ1v) is 6.52. The molecule has 2 rings (SSSR count). The molecule has 0 spiro atoms. The molecule has 0 fully saturated rings. The number of carbonyl (C=O) groups excluding carboxylic acids is 1. The van der Waals surface area contributed by atoms with E-state index in [9.17, 15) is 4.79 Å². The van der Waals surface area contributed by atoms with E-state index in [2.05, 4.69) is 17.1 Å². The van der Waals surface area contributed by atoms with Gasteiger partial charge in [-0.1, -0.05) is 24.3 Å². The summed E-state index contributed by atoms with van der Waals surface area (Å²) < 4.78 is 5.14. The van der Waals surface area contributed by atoms with Crippen molar-refractivity contribution in [3.63, 3.8) is 0 Å². The van der Waals surface area contributed by atoms with Crippen LogP contribution in [0.25, 0.3) is 0 Å². The van der Waals surface area contributed by atoms with Crippen molar-refractivity contribution in [1.29, 1.82) is 0 Å². The number of rotatable bonds is 5. The number of benzene rings is 1. The zero-order valence-corrected chi connectivity index (χ0v) is 11.2. The summed E-state index contributed by atoms with van der Waals surface area (Å²) in [5, 5.41) is 0. The third-order valence-electron chi connectivity index (χ3n) is 3.39. The van der Waals surface area contributed by atoms with E-state index in [1.165, 1.54) is 0 Å². The highest BCUT2D eigenvalue weighted by Gasteiger charge is 2.20. The van der Waals surface area contributed by atoms with Crippen molar-refractivity contribution in [3.05, 3.63) is 42.0 Å². The third-order valence-corrected chi connectivity index (χ3v) is 3.39. The van der Waals surface area contributed by atoms with Crippen LogP contribution in [0.5, 0.6) is 5.75 Å². The van der Waals surface area contributed by atoms with Gasteiger partial charge in [-0.25, -0.2) is 0 Å². The number of methoxy groups -OCH3 is 1. The Morgan fingerprint density at radius 2 is 2.37 bits per heavy atom. The van der Waals surface area contributed by atoms with E-state index < -0.39 is 0 Å². The van der Waals surface area contributed by atoms with E-state index in [1.54, 1.807) is 13.2 Å². The minimum atomic E-state index is 0.104. The number of nitrogens with two attached hydrogens (primary N) is 1. The Kier molecular flexibility index (Phi) is 4.71. The summed E-state index contributed by atoms with van der Waals surface area (Å²) in [6.45, 7) is 1.83. The zero-order valence-electron chi connectivity index (χ0n) is 11.2. The predicted molar refractivity (Wildman–Crippen MR) is 75.5 cm³/mol. The number of hydrogen-bond donors (Lipinski definition) is 1. The summed E-state index contributed by atoms with van der Waals surface area (Å²) in [7, 11) is 1.60. The molecule has 2 N–H and O–H groups in total. The Morgan fingerprint density at radius 1 is 1.53 bits per heavy atom. The van der Waals surface area contributed by atoms with Crippen molar-refractivity contribution in [2.24, 2.45) is 5.73 Å². The van der Waals surface area contributed by atoms with Gasteiger partial charge in [0.1, 0.15) is 5.75 Å². The molecule has 1 aliphatic heterocycles. The second-order valence-corrected chi connectivity index (χ2v) is 4.65. The maximum atomic E-state index is 12.3. The van der Waals surface area contributed by atoms with E-state index in [1.807, 2.05) is 18.2 Å². The van der Waals surface area contributed by atoms with Crippen molar-refractivity contribution in [2.75, 3.05) is 26.7 Å². The molecule has 0 amide bonds. The highest BCUT2D eigenvalue weighted by Crippen LogP contribution is 2.15. The monoisotopic (exact) mass is 260 g/mol. The Bertz CT molecular complexity index is 471. The summed E-state index contributed by atoms with van der Waals surface area (Å²) in [6.07, 6.45) is 5.19. The fourth-order valence-corrected chi connectivity index (χ4v) is 2.28. The summed E-state index contributed by atoms with van der Waals surface area (Å²) >= 11 is 0. The molecule has 4 nitrogen and oxygen atoms in total. The molecular weight excluding hydrogens is 240 g/mol. The number of Topliss-reactive ketones (excluding diaryl/α,β-unsaturated/α-hetero) is 1. The molecule has 1 heterocycles. The van der Waals surface area contributed by atoms with Gasteiger partial charge < -0.3 is 10.5 Å². The van der Waals surface area contributed by atoms with Crippen LogP contribution in [-0.2, 0) is 0 Å². The Hall–Kier alpha value is -1.65. The lowest BCUT2D eigenvalue weighted by Gasteiger charge is -2.30. The normalized spacial score (nSPS) is 19.4. The van der Waals surface area contributed by atoms with E-state index in [4.69, 9.17) is 10.5 Å². The lowest BCUT2D eigenvalue weighted by atomic mass is 10.1. The van der Waals surface area contributed by atoms with Gasteiger partial charge in [0.25, 0.3) is 0 Å². The highest BCUT2D eigenvalue weighted by molar-refractivity contribution is 5.98. The standard InChI is InChI=1S/C15H20N2O2/c1-19-14-7-4-5-12(9-14)15(18)11-17-8-3-2-6-13(17)10-16/h2,4-7,9,13H,3,8,10-11,16H2,1H3. The molecule has 1 unspecified atom stereocenters. The molecule has 0 aromatic heterocycles. The molecule has 0 saturated heterocycles. The number of carbonyl (C=O) groups is 1. The van der Waals surface area contributed by atoms with Crippen LogP contribution in [0.3, 0.4) is 0 Å². The van der Waals surface area contributed by atoms with E-state index in [0.29, 0.717) is 24.4 Å². The summed E-state index contributed by atoms with van der Waals surface area (Å²) in [5.74, 6) is 0.812. The van der Waals surface area contributed by atoms with Crippen LogP contribution in [0.4, 0.5) is 0 Å². The van der Waals surface area contributed by atoms with Gasteiger partial charge in [0.15, 0.2) is 5.78 Å². The maximum absolute atomic E-state index is 12.3. The molecule has 1 atom stereocenters. The minimum Gasteiger partial charge on any atom is -0.497 e. The first-order valence-electron chi connectivity index (χ1n) is 6.52. The average molecular weight is 260 g/mol. The molecule has 1 aromatic carbocycles. The van der Waals surface area contributed by atoms with E-state index in [-0.39, 0.29) is 11.8 Å². The van der Waals surface area contributed by atoms with Crippen molar-refractivity contribution in [1.82, 2.24) is 4.90 Å². The van der Waals surface area contributed by atoms with Crippen molar-refractivity contribution in [2.45, 2.75) is 12.5 Å². The quantitative estimate of drug-likeness (QED) is 0.643. The van der Waals surface area contributed by atoms with Crippen LogP contribution >= 0.6 is 0 Å². The molecule has 0 aliphatic carbocycles. The average Bonchev–Trinajstić information content (AvgIpc) is 2.47. The fraction of sp³-hybridized carbons (Fsp3) is 0.400. The molecule has 19 heavy (non-hydrogen) atoms. The van der Waals surface area contributed by atoms with Crippen LogP contribution in [0.2, 0.25) is 0 Å². The van der Waals surface area contributed by atoms with Crippen molar-refractivity contribution < 1.29 is 9.53 Å². The smallest absolute Gasteiger partial charge is 0.176 e. The molecule has 0 bridgehead atoms. The number of ketones is 1. The Balaban J connectivity index is 2.05. The van der Waals surface area contributed by atoms with Gasteiger partial charge in [-0.15, -0.1) is 0 Å². The molecule has 1 aromatic rings. The molecule has 1 aliphatic rings. The van der Waals surface area contributed by atoms with Gasteiger partial charge in [-0.05, 0) is 18.6 Å². The Morgan fingerprint density at radius 3 is 3.11 bits per heavy atom. The number of ether oxygens (including phenoxy) is 1. The van der Waals surface area contributed by atoms with Crippen LogP contribution in [0.1, 0.15) is 16.8 Å². The van der Waals surface area contributed by atoms with Gasteiger partial charge in [0.2, 0.25) is 0 Å². The van der Waals surface area contributed by atoms with E-state index >= 15 is 0 Å². The van der Waals surface area contributed by atoms with Crippen molar-refractivity contribution in [3.8, 4) is 5.75 Å². The second kappa shape index (κ2) is 6.50. The van der Waals surface area contributed by atoms with Gasteiger partial charge in [-0.3, -0.25) is 9.69 Å². The molecule has 102 valence electrons.